The molecular formula is C33H54N2O2. The van der Waals surface area contributed by atoms with E-state index in [9.17, 15) is 4.79 Å². The fourth-order valence-electron chi connectivity index (χ4n) is 4.43. The number of allylic oxidation sites excluding steroid dienone is 2. The van der Waals surface area contributed by atoms with Crippen molar-refractivity contribution in [2.24, 2.45) is 17.8 Å². The smallest absolute Gasteiger partial charge is 0.337 e. The van der Waals surface area contributed by atoms with E-state index < -0.39 is 0 Å². The van der Waals surface area contributed by atoms with Crippen LogP contribution < -0.4 is 4.90 Å². The Labute approximate surface area is 229 Å². The van der Waals surface area contributed by atoms with Crippen LogP contribution in [0, 0.1) is 30.6 Å². The van der Waals surface area contributed by atoms with Crippen molar-refractivity contribution in [3.05, 3.63) is 53.6 Å². The molecule has 0 aromatic heterocycles. The highest BCUT2D eigenvalue weighted by Gasteiger charge is 2.24. The summed E-state index contributed by atoms with van der Waals surface area (Å²) in [5.74, 6) is 1.46. The molecule has 2 bridgehead atoms. The van der Waals surface area contributed by atoms with Crippen LogP contribution in [0.2, 0.25) is 0 Å². The number of likely N-dealkylation sites (N-methyl/N-ethyl adjacent to an activating group) is 1. The van der Waals surface area contributed by atoms with Crippen molar-refractivity contribution >= 4 is 11.7 Å². The monoisotopic (exact) mass is 510 g/mol. The van der Waals surface area contributed by atoms with Crippen molar-refractivity contribution in [1.82, 2.24) is 4.90 Å². The van der Waals surface area contributed by atoms with Gasteiger partial charge in [0.2, 0.25) is 0 Å². The third kappa shape index (κ3) is 12.5. The Bertz CT molecular complexity index is 825. The molecule has 3 atom stereocenters. The number of rotatable bonds is 6. The number of methoxy groups -OCH3 is 1. The van der Waals surface area contributed by atoms with Gasteiger partial charge >= 0.3 is 5.97 Å². The predicted molar refractivity (Wildman–Crippen MR) is 162 cm³/mol. The van der Waals surface area contributed by atoms with Gasteiger partial charge in [0.05, 0.1) is 12.7 Å². The van der Waals surface area contributed by atoms with Gasteiger partial charge in [-0.15, -0.1) is 12.8 Å². The van der Waals surface area contributed by atoms with Gasteiger partial charge in [-0.05, 0) is 55.3 Å². The summed E-state index contributed by atoms with van der Waals surface area (Å²) in [6, 6.07) is 6.11. The molecule has 37 heavy (non-hydrogen) atoms. The second-order valence-corrected chi connectivity index (χ2v) is 9.79. The van der Waals surface area contributed by atoms with E-state index in [0.717, 1.165) is 39.0 Å². The average Bonchev–Trinajstić information content (AvgIpc) is 3.12. The summed E-state index contributed by atoms with van der Waals surface area (Å²) in [6.45, 7) is 17.0. The van der Waals surface area contributed by atoms with Crippen LogP contribution in [-0.4, -0.2) is 51.2 Å². The molecule has 0 saturated carbocycles. The number of esters is 1. The molecule has 1 heterocycles. The van der Waals surface area contributed by atoms with E-state index in [1.165, 1.54) is 37.6 Å². The quantitative estimate of drug-likeness (QED) is 0.291. The molecule has 208 valence electrons. The molecule has 4 nitrogen and oxygen atoms in total. The number of anilines is 1. The van der Waals surface area contributed by atoms with Crippen molar-refractivity contribution in [2.45, 2.75) is 73.6 Å². The number of nitrogens with zero attached hydrogens (tertiary/aromatic N) is 2. The predicted octanol–water partition coefficient (Wildman–Crippen LogP) is 7.64. The molecule has 4 heteroatoms. The van der Waals surface area contributed by atoms with Crippen LogP contribution in [0.4, 0.5) is 5.69 Å². The lowest BCUT2D eigenvalue weighted by Crippen LogP contribution is -2.35. The van der Waals surface area contributed by atoms with Crippen molar-refractivity contribution in [2.75, 3.05) is 45.2 Å². The van der Waals surface area contributed by atoms with Gasteiger partial charge in [-0.3, -0.25) is 0 Å². The zero-order chi connectivity index (χ0) is 28.2. The number of carbonyl (C=O) groups is 1. The topological polar surface area (TPSA) is 32.8 Å². The van der Waals surface area contributed by atoms with Gasteiger partial charge in [-0.2, -0.15) is 0 Å². The first kappa shape index (κ1) is 34.5. The van der Waals surface area contributed by atoms with E-state index >= 15 is 0 Å². The summed E-state index contributed by atoms with van der Waals surface area (Å²) in [7, 11) is 3.67. The van der Waals surface area contributed by atoms with Crippen LogP contribution >= 0.6 is 0 Å². The van der Waals surface area contributed by atoms with Gasteiger partial charge in [0, 0.05) is 31.9 Å². The fourth-order valence-corrected chi connectivity index (χ4v) is 4.43. The summed E-state index contributed by atoms with van der Waals surface area (Å²) < 4.78 is 5.00. The summed E-state index contributed by atoms with van der Waals surface area (Å²) in [5, 5.41) is 0. The average molecular weight is 511 g/mol. The number of terminal acetylenes is 1. The number of ether oxygens (including phenoxy) is 1. The highest BCUT2D eigenvalue weighted by Crippen LogP contribution is 2.30. The molecule has 0 amide bonds. The molecule has 1 saturated heterocycles. The van der Waals surface area contributed by atoms with Crippen molar-refractivity contribution < 1.29 is 9.53 Å². The molecule has 1 aromatic carbocycles. The van der Waals surface area contributed by atoms with Crippen LogP contribution in [0.15, 0.2) is 42.5 Å². The van der Waals surface area contributed by atoms with E-state index in [-0.39, 0.29) is 5.97 Å². The summed E-state index contributed by atoms with van der Waals surface area (Å²) in [6.07, 6.45) is 23.1. The van der Waals surface area contributed by atoms with E-state index in [1.807, 2.05) is 19.9 Å². The van der Waals surface area contributed by atoms with E-state index in [1.54, 1.807) is 0 Å². The Morgan fingerprint density at radius 3 is 2.16 bits per heavy atom. The van der Waals surface area contributed by atoms with Gasteiger partial charge in [-0.25, -0.2) is 4.79 Å². The number of fused-ring (bicyclic) bond motifs is 2. The number of carbonyl (C=O) groups excluding carboxylic acids is 1. The van der Waals surface area contributed by atoms with Crippen LogP contribution in [0.5, 0.6) is 0 Å². The molecule has 2 aliphatic rings. The first-order chi connectivity index (χ1) is 17.9. The lowest BCUT2D eigenvalue weighted by atomic mass is 9.93. The minimum Gasteiger partial charge on any atom is -0.465 e. The van der Waals surface area contributed by atoms with E-state index in [4.69, 9.17) is 4.74 Å². The molecule has 0 spiro atoms. The molecule has 1 aliphatic heterocycles. The minimum absolute atomic E-state index is 0.263. The Morgan fingerprint density at radius 1 is 1.03 bits per heavy atom. The molecule has 3 unspecified atom stereocenters. The molecule has 1 aliphatic carbocycles. The van der Waals surface area contributed by atoms with Gasteiger partial charge in [0.25, 0.3) is 0 Å². The third-order valence-electron chi connectivity index (χ3n) is 6.85. The van der Waals surface area contributed by atoms with Crippen LogP contribution in [-0.2, 0) is 11.2 Å². The normalized spacial score (nSPS) is 19.6. The minimum atomic E-state index is -0.263. The van der Waals surface area contributed by atoms with Crippen molar-refractivity contribution in [3.63, 3.8) is 0 Å². The summed E-state index contributed by atoms with van der Waals surface area (Å²) in [4.78, 5) is 17.2. The zero-order valence-corrected chi connectivity index (χ0v) is 25.0. The Balaban J connectivity index is 0.00000145. The van der Waals surface area contributed by atoms with Gasteiger partial charge in [0.15, 0.2) is 0 Å². The molecule has 1 fully saturated rings. The molecular weight excluding hydrogens is 456 g/mol. The number of hydrogen-bond donors (Lipinski definition) is 0. The molecule has 1 aromatic rings. The fraction of sp³-hybridized carbons (Fsp3) is 0.606. The van der Waals surface area contributed by atoms with Crippen LogP contribution in [0.25, 0.3) is 0 Å². The standard InChI is InChI=1S/C25H36N2O2.C4H10.C2H6.C2H2/c1-5-19(2)14-22-10-11-23(25(28)29-4)16-24(22)27-13-12-26(3)17-20-8-6-7-9-21(15-20)18-27;1-3-4-2;2*1-2/h6-11,16,19-21H,5,12-15,17-18H2,1-4H3;3-4H2,1-2H3;1-2H3;1-2H. The largest absolute Gasteiger partial charge is 0.465 e. The third-order valence-corrected chi connectivity index (χ3v) is 6.85. The second-order valence-electron chi connectivity index (χ2n) is 9.79. The number of benzene rings is 1. The Hall–Kier alpha value is -2.51. The number of unbranched alkanes of at least 4 members (excludes halogenated alkanes) is 1. The van der Waals surface area contributed by atoms with Crippen LogP contribution in [0.1, 0.15) is 83.1 Å². The van der Waals surface area contributed by atoms with E-state index in [0.29, 0.717) is 23.3 Å². The maximum Gasteiger partial charge on any atom is 0.337 e. The Morgan fingerprint density at radius 2 is 1.62 bits per heavy atom. The maximum absolute atomic E-state index is 12.2. The molecule has 0 N–H and O–H groups in total. The first-order valence-corrected chi connectivity index (χ1v) is 14.2. The highest BCUT2D eigenvalue weighted by atomic mass is 16.5. The zero-order valence-electron chi connectivity index (χ0n) is 25.0. The van der Waals surface area contributed by atoms with Crippen molar-refractivity contribution in [3.8, 4) is 12.8 Å². The SMILES string of the molecule is C#C.CC.CCC(C)Cc1ccc(C(=O)OC)cc1N1CCN(C)CC2C=CC=CC(C2)C1.CCCC. The highest BCUT2D eigenvalue weighted by molar-refractivity contribution is 5.90. The lowest BCUT2D eigenvalue weighted by Gasteiger charge is -2.31. The van der Waals surface area contributed by atoms with Gasteiger partial charge < -0.3 is 14.5 Å². The first-order valence-electron chi connectivity index (χ1n) is 14.2. The number of hydrogen-bond acceptors (Lipinski definition) is 4. The summed E-state index contributed by atoms with van der Waals surface area (Å²) >= 11 is 0. The maximum atomic E-state index is 12.2. The second kappa shape index (κ2) is 20.5. The van der Waals surface area contributed by atoms with Crippen LogP contribution in [0.3, 0.4) is 0 Å². The van der Waals surface area contributed by atoms with E-state index in [2.05, 4.69) is 93.8 Å². The Kier molecular flexibility index (Phi) is 19.1. The van der Waals surface area contributed by atoms with Gasteiger partial charge in [0.1, 0.15) is 0 Å². The van der Waals surface area contributed by atoms with Crippen molar-refractivity contribution in [1.29, 1.82) is 0 Å². The molecule has 0 radical (unpaired) electrons. The lowest BCUT2D eigenvalue weighted by molar-refractivity contribution is 0.0600. The van der Waals surface area contributed by atoms with Gasteiger partial charge in [-0.1, -0.05) is 91.2 Å². The summed E-state index contributed by atoms with van der Waals surface area (Å²) in [5.41, 5.74) is 3.17. The molecule has 3 rings (SSSR count).